The van der Waals surface area contributed by atoms with Gasteiger partial charge in [0.25, 0.3) is 0 Å². The molecule has 0 bridgehead atoms. The number of hydrogen-bond donors (Lipinski definition) is 0. The average Bonchev–Trinajstić information content (AvgIpc) is 2.56. The molecule has 1 fully saturated rings. The van der Waals surface area contributed by atoms with E-state index in [4.69, 9.17) is 4.74 Å². The molecule has 2 atom stereocenters. The summed E-state index contributed by atoms with van der Waals surface area (Å²) < 4.78 is 6.08. The third kappa shape index (κ3) is 2.56. The first-order valence-corrected chi connectivity index (χ1v) is 8.10. The van der Waals surface area contributed by atoms with Crippen molar-refractivity contribution in [3.05, 3.63) is 71.8 Å². The number of carbonyl (C=O) groups excluding carboxylic acids is 1. The molecule has 0 aliphatic carbocycles. The normalized spacial score (nSPS) is 25.5. The zero-order chi connectivity index (χ0) is 14.7. The highest BCUT2D eigenvalue weighted by molar-refractivity contribution is 9.09. The number of rotatable bonds is 3. The number of Topliss-reactive ketones (excluding diaryl/α,β-unsaturated/α-hetero) is 1. The minimum absolute atomic E-state index is 0.0196. The number of halogens is 1. The van der Waals surface area contributed by atoms with Crippen LogP contribution in [0, 0.1) is 0 Å². The molecule has 3 heteroatoms. The van der Waals surface area contributed by atoms with Crippen molar-refractivity contribution in [2.75, 3.05) is 6.61 Å². The summed E-state index contributed by atoms with van der Waals surface area (Å²) in [5.41, 5.74) is 0.675. The molecule has 0 radical (unpaired) electrons. The van der Waals surface area contributed by atoms with Gasteiger partial charge in [0.15, 0.2) is 11.4 Å². The van der Waals surface area contributed by atoms with Crippen LogP contribution in [-0.2, 0) is 10.3 Å². The van der Waals surface area contributed by atoms with Crippen LogP contribution in [0.1, 0.15) is 28.8 Å². The van der Waals surface area contributed by atoms with Crippen molar-refractivity contribution in [2.24, 2.45) is 0 Å². The van der Waals surface area contributed by atoms with Crippen LogP contribution in [0.5, 0.6) is 0 Å². The fraction of sp³-hybridized carbons (Fsp3) is 0.278. The Hall–Kier alpha value is -1.45. The van der Waals surface area contributed by atoms with E-state index in [0.29, 0.717) is 12.2 Å². The lowest BCUT2D eigenvalue weighted by Crippen LogP contribution is -2.49. The lowest BCUT2D eigenvalue weighted by atomic mass is 9.80. The minimum Gasteiger partial charge on any atom is -0.361 e. The van der Waals surface area contributed by atoms with Crippen LogP contribution >= 0.6 is 15.9 Å². The molecular formula is C18H17BrO2. The Morgan fingerprint density at radius 3 is 2.29 bits per heavy atom. The monoisotopic (exact) mass is 344 g/mol. The van der Waals surface area contributed by atoms with E-state index in [1.54, 1.807) is 0 Å². The Balaban J connectivity index is 2.11. The molecule has 1 aliphatic heterocycles. The predicted molar refractivity (Wildman–Crippen MR) is 86.8 cm³/mol. The van der Waals surface area contributed by atoms with Crippen molar-refractivity contribution in [3.63, 3.8) is 0 Å². The summed E-state index contributed by atoms with van der Waals surface area (Å²) in [5.74, 6) is 0.0240. The molecule has 108 valence electrons. The summed E-state index contributed by atoms with van der Waals surface area (Å²) in [4.78, 5) is 13.2. The number of alkyl halides is 1. The van der Waals surface area contributed by atoms with E-state index >= 15 is 0 Å². The first-order valence-electron chi connectivity index (χ1n) is 7.18. The molecular weight excluding hydrogens is 328 g/mol. The summed E-state index contributed by atoms with van der Waals surface area (Å²) in [5, 5.41) is 0. The molecule has 0 saturated carbocycles. The second kappa shape index (κ2) is 6.12. The first kappa shape index (κ1) is 14.5. The molecule has 1 heterocycles. The van der Waals surface area contributed by atoms with Crippen molar-refractivity contribution >= 4 is 21.7 Å². The first-order chi connectivity index (χ1) is 10.2. The molecule has 2 nitrogen and oxygen atoms in total. The van der Waals surface area contributed by atoms with Crippen LogP contribution in [0.3, 0.4) is 0 Å². The quantitative estimate of drug-likeness (QED) is 0.611. The average molecular weight is 345 g/mol. The topological polar surface area (TPSA) is 26.3 Å². The number of carbonyl (C=O) groups is 1. The van der Waals surface area contributed by atoms with Crippen molar-refractivity contribution in [3.8, 4) is 0 Å². The maximum atomic E-state index is 13.2. The zero-order valence-electron chi connectivity index (χ0n) is 11.7. The molecule has 0 aromatic heterocycles. The van der Waals surface area contributed by atoms with Gasteiger partial charge < -0.3 is 4.74 Å². The van der Waals surface area contributed by atoms with Gasteiger partial charge in [-0.1, -0.05) is 76.6 Å². The number of benzene rings is 2. The maximum absolute atomic E-state index is 13.2. The Kier molecular flexibility index (Phi) is 4.22. The summed E-state index contributed by atoms with van der Waals surface area (Å²) >= 11 is 3.70. The Labute approximate surface area is 133 Å². The molecule has 0 amide bonds. The van der Waals surface area contributed by atoms with E-state index in [-0.39, 0.29) is 10.6 Å². The van der Waals surface area contributed by atoms with Gasteiger partial charge in [-0.25, -0.2) is 0 Å². The molecule has 0 spiro atoms. The number of hydrogen-bond acceptors (Lipinski definition) is 2. The molecule has 0 N–H and O–H groups in total. The van der Waals surface area contributed by atoms with E-state index in [1.165, 1.54) is 0 Å². The minimum atomic E-state index is -0.930. The molecule has 3 rings (SSSR count). The summed E-state index contributed by atoms with van der Waals surface area (Å²) in [7, 11) is 0. The van der Waals surface area contributed by atoms with Crippen LogP contribution in [0.2, 0.25) is 0 Å². The lowest BCUT2D eigenvalue weighted by molar-refractivity contribution is -0.0519. The fourth-order valence-corrected chi connectivity index (χ4v) is 3.81. The number of ketones is 1. The largest absolute Gasteiger partial charge is 0.361 e. The molecule has 1 aliphatic rings. The van der Waals surface area contributed by atoms with Gasteiger partial charge in [-0.05, 0) is 18.4 Å². The summed E-state index contributed by atoms with van der Waals surface area (Å²) in [6, 6.07) is 19.2. The Morgan fingerprint density at radius 1 is 1.05 bits per heavy atom. The summed E-state index contributed by atoms with van der Waals surface area (Å²) in [6.45, 7) is 0.607. The van der Waals surface area contributed by atoms with Gasteiger partial charge in [0.05, 0.1) is 4.83 Å². The highest BCUT2D eigenvalue weighted by atomic mass is 79.9. The van der Waals surface area contributed by atoms with Crippen LogP contribution < -0.4 is 0 Å². The van der Waals surface area contributed by atoms with E-state index in [2.05, 4.69) is 15.9 Å². The van der Waals surface area contributed by atoms with Gasteiger partial charge in [0.1, 0.15) is 0 Å². The van der Waals surface area contributed by atoms with Crippen LogP contribution in [0.4, 0.5) is 0 Å². The SMILES string of the molecule is O=C(c1ccccc1)[C@]1(c2ccccc2)OCCC[C@@H]1Br. The highest BCUT2D eigenvalue weighted by Gasteiger charge is 2.49. The van der Waals surface area contributed by atoms with Crippen LogP contribution in [0.25, 0.3) is 0 Å². The van der Waals surface area contributed by atoms with Crippen molar-refractivity contribution in [1.82, 2.24) is 0 Å². The molecule has 21 heavy (non-hydrogen) atoms. The van der Waals surface area contributed by atoms with Crippen molar-refractivity contribution in [2.45, 2.75) is 23.3 Å². The Morgan fingerprint density at radius 2 is 1.67 bits per heavy atom. The predicted octanol–water partition coefficient (Wildman–Crippen LogP) is 4.34. The maximum Gasteiger partial charge on any atom is 0.200 e. The van der Waals surface area contributed by atoms with Crippen LogP contribution in [-0.4, -0.2) is 17.2 Å². The van der Waals surface area contributed by atoms with Crippen molar-refractivity contribution < 1.29 is 9.53 Å². The standard InChI is InChI=1S/C18H17BrO2/c19-16-12-7-13-21-18(16,15-10-5-2-6-11-15)17(20)14-8-3-1-4-9-14/h1-6,8-11,16H,7,12-13H2/t16-,18+/m0/s1. The fourth-order valence-electron chi connectivity index (χ4n) is 2.88. The van der Waals surface area contributed by atoms with Gasteiger partial charge in [-0.2, -0.15) is 0 Å². The third-order valence-corrected chi connectivity index (χ3v) is 5.05. The second-order valence-electron chi connectivity index (χ2n) is 5.26. The number of ether oxygens (including phenoxy) is 1. The molecule has 2 aromatic rings. The zero-order valence-corrected chi connectivity index (χ0v) is 13.3. The molecule has 0 unspecified atom stereocenters. The van der Waals surface area contributed by atoms with Gasteiger partial charge in [0.2, 0.25) is 0 Å². The molecule has 2 aromatic carbocycles. The van der Waals surface area contributed by atoms with E-state index in [9.17, 15) is 4.79 Å². The Bertz CT molecular complexity index is 612. The third-order valence-electron chi connectivity index (χ3n) is 3.95. The highest BCUT2D eigenvalue weighted by Crippen LogP contribution is 2.42. The van der Waals surface area contributed by atoms with Crippen LogP contribution in [0.15, 0.2) is 60.7 Å². The van der Waals surface area contributed by atoms with Gasteiger partial charge in [0, 0.05) is 12.2 Å². The van der Waals surface area contributed by atoms with Gasteiger partial charge in [-0.15, -0.1) is 0 Å². The van der Waals surface area contributed by atoms with E-state index < -0.39 is 5.60 Å². The van der Waals surface area contributed by atoms with Gasteiger partial charge in [-0.3, -0.25) is 4.79 Å². The van der Waals surface area contributed by atoms with E-state index in [0.717, 1.165) is 18.4 Å². The summed E-state index contributed by atoms with van der Waals surface area (Å²) in [6.07, 6.45) is 1.89. The molecule has 1 saturated heterocycles. The second-order valence-corrected chi connectivity index (χ2v) is 6.36. The van der Waals surface area contributed by atoms with E-state index in [1.807, 2.05) is 60.7 Å². The van der Waals surface area contributed by atoms with Gasteiger partial charge >= 0.3 is 0 Å². The lowest BCUT2D eigenvalue weighted by Gasteiger charge is -2.40. The van der Waals surface area contributed by atoms with Crippen molar-refractivity contribution in [1.29, 1.82) is 0 Å². The smallest absolute Gasteiger partial charge is 0.200 e.